The lowest BCUT2D eigenvalue weighted by Crippen LogP contribution is -2.24. The van der Waals surface area contributed by atoms with Crippen molar-refractivity contribution in [1.82, 2.24) is 0 Å². The van der Waals surface area contributed by atoms with E-state index >= 15 is 0 Å². The second-order valence-corrected chi connectivity index (χ2v) is 5.40. The van der Waals surface area contributed by atoms with E-state index < -0.39 is 0 Å². The van der Waals surface area contributed by atoms with E-state index in [-0.39, 0.29) is 5.97 Å². The van der Waals surface area contributed by atoms with Gasteiger partial charge in [-0.1, -0.05) is 20.3 Å². The van der Waals surface area contributed by atoms with Crippen molar-refractivity contribution in [3.05, 3.63) is 0 Å². The normalized spacial score (nSPS) is 30.2. The molecule has 0 aromatic carbocycles. The van der Waals surface area contributed by atoms with Crippen LogP contribution in [0.1, 0.15) is 39.5 Å². The summed E-state index contributed by atoms with van der Waals surface area (Å²) < 4.78 is 9.96. The Morgan fingerprint density at radius 1 is 1.29 bits per heavy atom. The molecule has 3 heteroatoms. The molecule has 1 aliphatic carbocycles. The highest BCUT2D eigenvalue weighted by atomic mass is 16.5. The van der Waals surface area contributed by atoms with Crippen LogP contribution in [0.15, 0.2) is 0 Å². The van der Waals surface area contributed by atoms with Crippen molar-refractivity contribution in [1.29, 1.82) is 0 Å². The molecule has 0 radical (unpaired) electrons. The molecule has 0 saturated heterocycles. The Morgan fingerprint density at radius 2 is 2.00 bits per heavy atom. The minimum atomic E-state index is -0.0853. The molecular formula is C14H26O3. The molecule has 1 fully saturated rings. The van der Waals surface area contributed by atoms with Crippen LogP contribution in [0.25, 0.3) is 0 Å². The molecule has 1 aliphatic rings. The van der Waals surface area contributed by atoms with E-state index in [0.717, 1.165) is 18.9 Å². The molecule has 17 heavy (non-hydrogen) atoms. The van der Waals surface area contributed by atoms with Crippen LogP contribution in [-0.4, -0.2) is 26.8 Å². The molecule has 0 spiro atoms. The lowest BCUT2D eigenvalue weighted by atomic mass is 9.79. The zero-order valence-corrected chi connectivity index (χ0v) is 11.6. The fraction of sp³-hybridized carbons (Fsp3) is 0.929. The lowest BCUT2D eigenvalue weighted by Gasteiger charge is -2.27. The van der Waals surface area contributed by atoms with Gasteiger partial charge in [-0.3, -0.25) is 4.79 Å². The Hall–Kier alpha value is -0.570. The van der Waals surface area contributed by atoms with Crippen molar-refractivity contribution in [2.75, 3.05) is 20.8 Å². The predicted octanol–water partition coefficient (Wildman–Crippen LogP) is 2.88. The highest BCUT2D eigenvalue weighted by Gasteiger charge is 2.36. The number of carbonyl (C=O) groups is 1. The molecule has 0 aromatic heterocycles. The van der Waals surface area contributed by atoms with Gasteiger partial charge in [0.2, 0.25) is 0 Å². The van der Waals surface area contributed by atoms with E-state index in [1.54, 1.807) is 7.11 Å². The van der Waals surface area contributed by atoms with Gasteiger partial charge in [0, 0.05) is 20.1 Å². The average Bonchev–Trinajstić information content (AvgIpc) is 2.65. The molecule has 0 aromatic rings. The van der Waals surface area contributed by atoms with E-state index in [1.165, 1.54) is 20.0 Å². The standard InChI is InChI=1S/C14H26O3/c1-10-5-6-13(11(10)2)12(7-8-16-3)9-14(15)17-4/h10-13H,5-9H2,1-4H3/t10-,11-,12?,13+/m1/s1. The molecule has 4 atom stereocenters. The number of rotatable bonds is 6. The van der Waals surface area contributed by atoms with Crippen molar-refractivity contribution < 1.29 is 14.3 Å². The van der Waals surface area contributed by atoms with Gasteiger partial charge in [-0.05, 0) is 36.5 Å². The topological polar surface area (TPSA) is 35.5 Å². The van der Waals surface area contributed by atoms with Gasteiger partial charge in [0.1, 0.15) is 0 Å². The molecular weight excluding hydrogens is 216 g/mol. The van der Waals surface area contributed by atoms with Crippen molar-refractivity contribution in [2.24, 2.45) is 23.7 Å². The van der Waals surface area contributed by atoms with Crippen LogP contribution in [0.4, 0.5) is 0 Å². The molecule has 1 saturated carbocycles. The van der Waals surface area contributed by atoms with Crippen molar-refractivity contribution >= 4 is 5.97 Å². The Balaban J connectivity index is 2.58. The lowest BCUT2D eigenvalue weighted by molar-refractivity contribution is -0.142. The van der Waals surface area contributed by atoms with Gasteiger partial charge < -0.3 is 9.47 Å². The molecule has 100 valence electrons. The monoisotopic (exact) mass is 242 g/mol. The second kappa shape index (κ2) is 7.00. The molecule has 0 amide bonds. The summed E-state index contributed by atoms with van der Waals surface area (Å²) in [5.74, 6) is 2.48. The number of hydrogen-bond acceptors (Lipinski definition) is 3. The fourth-order valence-electron chi connectivity index (χ4n) is 3.10. The SMILES string of the molecule is COCCC(CC(=O)OC)[C@H]1CC[C@@H](C)[C@H]1C. The molecule has 0 bridgehead atoms. The van der Waals surface area contributed by atoms with Crippen LogP contribution in [0.3, 0.4) is 0 Å². The molecule has 0 N–H and O–H groups in total. The van der Waals surface area contributed by atoms with Crippen molar-refractivity contribution in [3.8, 4) is 0 Å². The predicted molar refractivity (Wildman–Crippen MR) is 67.7 cm³/mol. The summed E-state index contributed by atoms with van der Waals surface area (Å²) >= 11 is 0. The molecule has 1 rings (SSSR count). The van der Waals surface area contributed by atoms with Crippen molar-refractivity contribution in [3.63, 3.8) is 0 Å². The molecule has 3 nitrogen and oxygen atoms in total. The Morgan fingerprint density at radius 3 is 2.47 bits per heavy atom. The molecule has 1 unspecified atom stereocenters. The maximum Gasteiger partial charge on any atom is 0.305 e. The number of hydrogen-bond donors (Lipinski definition) is 0. The summed E-state index contributed by atoms with van der Waals surface area (Å²) in [6, 6.07) is 0. The van der Waals surface area contributed by atoms with Gasteiger partial charge in [0.05, 0.1) is 7.11 Å². The third-order valence-corrected chi connectivity index (χ3v) is 4.48. The Bertz CT molecular complexity index is 240. The summed E-state index contributed by atoms with van der Waals surface area (Å²) in [6.07, 6.45) is 4.04. The first kappa shape index (κ1) is 14.5. The maximum absolute atomic E-state index is 11.5. The van der Waals surface area contributed by atoms with Crippen LogP contribution >= 0.6 is 0 Å². The third-order valence-electron chi connectivity index (χ3n) is 4.48. The summed E-state index contributed by atoms with van der Waals surface area (Å²) in [7, 11) is 3.19. The average molecular weight is 242 g/mol. The van der Waals surface area contributed by atoms with Gasteiger partial charge in [-0.15, -0.1) is 0 Å². The molecule has 0 aliphatic heterocycles. The molecule has 0 heterocycles. The third kappa shape index (κ3) is 3.98. The van der Waals surface area contributed by atoms with Gasteiger partial charge in [0.15, 0.2) is 0 Å². The Labute approximate surface area is 105 Å². The second-order valence-electron chi connectivity index (χ2n) is 5.40. The zero-order valence-electron chi connectivity index (χ0n) is 11.6. The highest BCUT2D eigenvalue weighted by molar-refractivity contribution is 5.69. The number of esters is 1. The van der Waals surface area contributed by atoms with Gasteiger partial charge >= 0.3 is 5.97 Å². The van der Waals surface area contributed by atoms with E-state index in [9.17, 15) is 4.79 Å². The van der Waals surface area contributed by atoms with E-state index in [2.05, 4.69) is 13.8 Å². The van der Waals surface area contributed by atoms with Crippen LogP contribution < -0.4 is 0 Å². The summed E-state index contributed by atoms with van der Waals surface area (Å²) in [5, 5.41) is 0. The van der Waals surface area contributed by atoms with E-state index in [4.69, 9.17) is 9.47 Å². The Kier molecular flexibility index (Phi) is 5.96. The van der Waals surface area contributed by atoms with E-state index in [0.29, 0.717) is 24.2 Å². The number of ether oxygens (including phenoxy) is 2. The maximum atomic E-state index is 11.5. The number of methoxy groups -OCH3 is 2. The smallest absolute Gasteiger partial charge is 0.305 e. The quantitative estimate of drug-likeness (QED) is 0.672. The number of carbonyl (C=O) groups excluding carboxylic acids is 1. The summed E-state index contributed by atoms with van der Waals surface area (Å²) in [5.41, 5.74) is 0. The fourth-order valence-corrected chi connectivity index (χ4v) is 3.10. The van der Waals surface area contributed by atoms with Crippen LogP contribution in [-0.2, 0) is 14.3 Å². The van der Waals surface area contributed by atoms with Crippen LogP contribution in [0.5, 0.6) is 0 Å². The van der Waals surface area contributed by atoms with Gasteiger partial charge in [-0.2, -0.15) is 0 Å². The first-order chi connectivity index (χ1) is 8.10. The minimum Gasteiger partial charge on any atom is -0.469 e. The van der Waals surface area contributed by atoms with Crippen LogP contribution in [0, 0.1) is 23.7 Å². The first-order valence-electron chi connectivity index (χ1n) is 6.65. The van der Waals surface area contributed by atoms with E-state index in [1.807, 2.05) is 0 Å². The minimum absolute atomic E-state index is 0.0853. The highest BCUT2D eigenvalue weighted by Crippen LogP contribution is 2.43. The first-order valence-corrected chi connectivity index (χ1v) is 6.65. The largest absolute Gasteiger partial charge is 0.469 e. The van der Waals surface area contributed by atoms with Crippen LogP contribution in [0.2, 0.25) is 0 Å². The zero-order chi connectivity index (χ0) is 12.8. The summed E-state index contributed by atoms with van der Waals surface area (Å²) in [4.78, 5) is 11.5. The summed E-state index contributed by atoms with van der Waals surface area (Å²) in [6.45, 7) is 5.37. The van der Waals surface area contributed by atoms with Gasteiger partial charge in [0.25, 0.3) is 0 Å². The van der Waals surface area contributed by atoms with Crippen molar-refractivity contribution in [2.45, 2.75) is 39.5 Å². The van der Waals surface area contributed by atoms with Gasteiger partial charge in [-0.25, -0.2) is 0 Å².